The van der Waals surface area contributed by atoms with Gasteiger partial charge < -0.3 is 15.5 Å². The van der Waals surface area contributed by atoms with Crippen LogP contribution in [0.1, 0.15) is 5.56 Å². The van der Waals surface area contributed by atoms with Crippen LogP contribution in [0.25, 0.3) is 16.6 Å². The second-order valence-corrected chi connectivity index (χ2v) is 7.89. The first kappa shape index (κ1) is 20.9. The molecule has 0 spiro atoms. The number of amides is 1. The van der Waals surface area contributed by atoms with Crippen molar-refractivity contribution in [1.82, 2.24) is 0 Å². The van der Waals surface area contributed by atoms with Crippen molar-refractivity contribution in [2.45, 2.75) is 13.5 Å². The monoisotopic (exact) mass is 455 g/mol. The number of aryl methyl sites for hydroxylation is 1. The van der Waals surface area contributed by atoms with Crippen LogP contribution in [0.2, 0.25) is 10.0 Å². The zero-order valence-corrected chi connectivity index (χ0v) is 18.0. The summed E-state index contributed by atoms with van der Waals surface area (Å²) < 4.78 is 2.63. The molecule has 4 aromatic rings. The average Bonchev–Trinajstić information content (AvgIpc) is 2.75. The summed E-state index contributed by atoms with van der Waals surface area (Å²) in [5.74, 6) is -0.526. The number of hydrogen-bond acceptors (Lipinski definition) is 3. The van der Waals surface area contributed by atoms with Gasteiger partial charge in [0.15, 0.2) is 5.39 Å². The summed E-state index contributed by atoms with van der Waals surface area (Å²) in [6, 6.07) is 18.7. The first-order valence-electron chi connectivity index (χ1n) is 9.45. The summed E-state index contributed by atoms with van der Waals surface area (Å²) in [4.78, 5) is 12.7. The summed E-state index contributed by atoms with van der Waals surface area (Å²) in [5, 5.41) is 25.8. The number of carbonyl (C=O) groups is 1. The minimum atomic E-state index is -0.339. The molecule has 0 bridgehead atoms. The molecular formula is C23H19Cl2N3O3+2. The molecule has 0 saturated carbocycles. The predicted octanol–water partition coefficient (Wildman–Crippen LogP) is 4.07. The maximum atomic E-state index is 12.7. The third-order valence-electron chi connectivity index (χ3n) is 4.89. The van der Waals surface area contributed by atoms with Crippen LogP contribution in [0.5, 0.6) is 11.9 Å². The van der Waals surface area contributed by atoms with E-state index in [1.165, 1.54) is 15.2 Å². The van der Waals surface area contributed by atoms with Crippen molar-refractivity contribution >= 4 is 45.7 Å². The number of fused-ring (bicyclic) bond motifs is 1. The molecule has 8 heteroatoms. The zero-order chi connectivity index (χ0) is 22.1. The van der Waals surface area contributed by atoms with Crippen LogP contribution in [0, 0.1) is 6.92 Å². The number of para-hydroxylation sites is 1. The molecule has 3 aromatic carbocycles. The Bertz CT molecular complexity index is 1310. The minimum Gasteiger partial charge on any atom is -0.459 e. The number of nitrogens with zero attached hydrogens (tertiary/aromatic N) is 2. The van der Waals surface area contributed by atoms with E-state index in [9.17, 15) is 15.0 Å². The van der Waals surface area contributed by atoms with E-state index in [4.69, 9.17) is 23.2 Å². The van der Waals surface area contributed by atoms with Crippen LogP contribution in [0.3, 0.4) is 0 Å². The summed E-state index contributed by atoms with van der Waals surface area (Å²) in [5.41, 5.74) is 2.61. The van der Waals surface area contributed by atoms with E-state index in [0.717, 1.165) is 5.56 Å². The lowest BCUT2D eigenvalue weighted by atomic mass is 10.2. The second kappa shape index (κ2) is 8.41. The SMILES string of the molecule is Cc1ccc(NC(=O)C[n+]2c(O)[n+](-c3ccc(Cl)c(Cl)c3)c(O)c3ccccc32)cc1. The third kappa shape index (κ3) is 4.13. The molecule has 0 unspecified atom stereocenters. The summed E-state index contributed by atoms with van der Waals surface area (Å²) in [6.45, 7) is 1.78. The van der Waals surface area contributed by atoms with Gasteiger partial charge in [-0.2, -0.15) is 0 Å². The van der Waals surface area contributed by atoms with E-state index in [1.807, 2.05) is 31.2 Å². The molecule has 0 saturated heterocycles. The molecule has 1 amide bonds. The topological polar surface area (TPSA) is 77.3 Å². The van der Waals surface area contributed by atoms with Crippen molar-refractivity contribution in [3.63, 3.8) is 0 Å². The van der Waals surface area contributed by atoms with Crippen molar-refractivity contribution in [3.05, 3.63) is 82.3 Å². The van der Waals surface area contributed by atoms with Crippen LogP contribution in [0.15, 0.2) is 66.7 Å². The smallest absolute Gasteiger partial charge is 0.459 e. The van der Waals surface area contributed by atoms with E-state index < -0.39 is 0 Å². The van der Waals surface area contributed by atoms with Crippen molar-refractivity contribution in [1.29, 1.82) is 0 Å². The molecule has 4 rings (SSSR count). The van der Waals surface area contributed by atoms with E-state index in [-0.39, 0.29) is 29.4 Å². The van der Waals surface area contributed by atoms with Gasteiger partial charge in [-0.15, -0.1) is 0 Å². The predicted molar refractivity (Wildman–Crippen MR) is 119 cm³/mol. The largest absolute Gasteiger partial charge is 0.638 e. The number of anilines is 1. The normalized spacial score (nSPS) is 10.9. The van der Waals surface area contributed by atoms with Gasteiger partial charge in [0.25, 0.3) is 5.91 Å². The van der Waals surface area contributed by atoms with Gasteiger partial charge in [0.05, 0.1) is 10.0 Å². The lowest BCUT2D eigenvalue weighted by molar-refractivity contribution is -0.774. The maximum Gasteiger partial charge on any atom is 0.638 e. The molecule has 6 nitrogen and oxygen atoms in total. The molecule has 1 aromatic heterocycles. The molecule has 3 N–H and O–H groups in total. The van der Waals surface area contributed by atoms with Gasteiger partial charge in [0.1, 0.15) is 0 Å². The number of rotatable bonds is 4. The quantitative estimate of drug-likeness (QED) is 0.406. The fourth-order valence-electron chi connectivity index (χ4n) is 3.34. The Morgan fingerprint density at radius 2 is 1.68 bits per heavy atom. The van der Waals surface area contributed by atoms with Gasteiger partial charge in [0.2, 0.25) is 17.7 Å². The summed E-state index contributed by atoms with van der Waals surface area (Å²) in [7, 11) is 0. The molecule has 0 fully saturated rings. The molecule has 156 valence electrons. The van der Waals surface area contributed by atoms with Crippen molar-refractivity contribution in [2.24, 2.45) is 0 Å². The van der Waals surface area contributed by atoms with Gasteiger partial charge in [0, 0.05) is 23.9 Å². The molecule has 31 heavy (non-hydrogen) atoms. The Morgan fingerprint density at radius 3 is 2.39 bits per heavy atom. The Kier molecular flexibility index (Phi) is 5.67. The highest BCUT2D eigenvalue weighted by molar-refractivity contribution is 6.42. The standard InChI is InChI=1S/C23H17Cl2N3O3/c1-14-6-8-15(9-7-14)26-21(29)13-27-20-5-3-2-4-17(20)22(30)28(23(27)31)16-10-11-18(24)19(25)12-16/h2-12H,13H2,1H3,(H,26,29)/p+2. The fraction of sp³-hybridized carbons (Fsp3) is 0.0870. The Morgan fingerprint density at radius 1 is 0.968 bits per heavy atom. The van der Waals surface area contributed by atoms with E-state index in [2.05, 4.69) is 5.32 Å². The second-order valence-electron chi connectivity index (χ2n) is 7.07. The molecule has 1 heterocycles. The first-order valence-corrected chi connectivity index (χ1v) is 10.2. The van der Waals surface area contributed by atoms with E-state index in [0.29, 0.717) is 27.3 Å². The van der Waals surface area contributed by atoms with Gasteiger partial charge >= 0.3 is 11.9 Å². The third-order valence-corrected chi connectivity index (χ3v) is 5.63. The van der Waals surface area contributed by atoms with Gasteiger partial charge in [-0.3, -0.25) is 4.79 Å². The zero-order valence-electron chi connectivity index (χ0n) is 16.5. The number of carbonyl (C=O) groups excluding carboxylic acids is 1. The van der Waals surface area contributed by atoms with Gasteiger partial charge in [-0.05, 0) is 35.8 Å². The van der Waals surface area contributed by atoms with Gasteiger partial charge in [-0.1, -0.05) is 57.6 Å². The van der Waals surface area contributed by atoms with E-state index in [1.54, 1.807) is 36.4 Å². The van der Waals surface area contributed by atoms with Crippen LogP contribution in [-0.4, -0.2) is 16.1 Å². The lowest BCUT2D eigenvalue weighted by Crippen LogP contribution is -2.49. The van der Waals surface area contributed by atoms with Gasteiger partial charge in [-0.25, -0.2) is 0 Å². The summed E-state index contributed by atoms with van der Waals surface area (Å²) in [6.07, 6.45) is 0. The van der Waals surface area contributed by atoms with Crippen molar-refractivity contribution in [2.75, 3.05) is 5.32 Å². The molecule has 0 atom stereocenters. The number of aromatic hydroxyl groups is 2. The van der Waals surface area contributed by atoms with Crippen molar-refractivity contribution < 1.29 is 24.1 Å². The van der Waals surface area contributed by atoms with Crippen molar-refractivity contribution in [3.8, 4) is 17.6 Å². The number of nitrogens with one attached hydrogen (secondary N) is 1. The Hall–Kier alpha value is -3.35. The fourth-order valence-corrected chi connectivity index (χ4v) is 3.63. The minimum absolute atomic E-state index is 0.179. The number of halogens is 2. The van der Waals surface area contributed by atoms with E-state index >= 15 is 0 Å². The average molecular weight is 456 g/mol. The highest BCUT2D eigenvalue weighted by Crippen LogP contribution is 2.26. The number of hydrogen-bond donors (Lipinski definition) is 3. The molecule has 0 aliphatic carbocycles. The molecule has 0 aliphatic heterocycles. The molecular weight excluding hydrogens is 437 g/mol. The number of aromatic nitrogens is 2. The molecule has 0 aliphatic rings. The lowest BCUT2D eigenvalue weighted by Gasteiger charge is -2.07. The summed E-state index contributed by atoms with van der Waals surface area (Å²) >= 11 is 12.1. The highest BCUT2D eigenvalue weighted by atomic mass is 35.5. The Labute approximate surface area is 188 Å². The maximum absolute atomic E-state index is 12.7. The Balaban J connectivity index is 1.81. The van der Waals surface area contributed by atoms with Crippen LogP contribution >= 0.6 is 23.2 Å². The molecule has 0 radical (unpaired) electrons. The van der Waals surface area contributed by atoms with Crippen LogP contribution in [-0.2, 0) is 11.3 Å². The number of benzene rings is 3. The highest BCUT2D eigenvalue weighted by Gasteiger charge is 2.36. The first-order chi connectivity index (χ1) is 14.8. The van der Waals surface area contributed by atoms with Crippen LogP contribution in [0.4, 0.5) is 5.69 Å². The van der Waals surface area contributed by atoms with Crippen LogP contribution < -0.4 is 14.5 Å².